The van der Waals surface area contributed by atoms with Gasteiger partial charge in [0, 0.05) is 37.0 Å². The van der Waals surface area contributed by atoms with Gasteiger partial charge in [0.25, 0.3) is 5.91 Å². The molecular weight excluding hydrogens is 794 g/mol. The van der Waals surface area contributed by atoms with Crippen LogP contribution in [0.25, 0.3) is 0 Å². The number of aliphatic hydroxyl groups excluding tert-OH is 1. The molecule has 1 aliphatic rings. The van der Waals surface area contributed by atoms with E-state index >= 15 is 0 Å². The molecule has 0 spiro atoms. The maximum Gasteiger partial charge on any atom is 0.334 e. The largest absolute Gasteiger partial charge is 0.456 e. The molecule has 60 heavy (non-hydrogen) atoms. The smallest absolute Gasteiger partial charge is 0.334 e. The van der Waals surface area contributed by atoms with E-state index in [1.54, 1.807) is 58.0 Å². The Bertz CT molecular complexity index is 1750. The van der Waals surface area contributed by atoms with Gasteiger partial charge in [0.1, 0.15) is 30.3 Å². The Morgan fingerprint density at radius 2 is 1.52 bits per heavy atom. The van der Waals surface area contributed by atoms with Crippen LogP contribution in [0.15, 0.2) is 47.6 Å². The molecule has 0 unspecified atom stereocenters. The van der Waals surface area contributed by atoms with Crippen LogP contribution in [0.4, 0.5) is 0 Å². The fourth-order valence-corrected chi connectivity index (χ4v) is 6.68. The Labute approximate surface area is 360 Å². The zero-order chi connectivity index (χ0) is 45.6. The minimum Gasteiger partial charge on any atom is -0.456 e. The van der Waals surface area contributed by atoms with Gasteiger partial charge >= 0.3 is 11.9 Å². The molecule has 1 aromatic carbocycles. The van der Waals surface area contributed by atoms with Crippen LogP contribution < -0.4 is 16.0 Å². The van der Waals surface area contributed by atoms with Crippen LogP contribution in [0.5, 0.6) is 0 Å². The van der Waals surface area contributed by atoms with Crippen LogP contribution in [-0.2, 0) is 49.5 Å². The molecule has 0 saturated carbocycles. The third-order valence-electron chi connectivity index (χ3n) is 10.9. The molecule has 334 valence electrons. The molecule has 0 aromatic heterocycles. The first-order valence-electron chi connectivity index (χ1n) is 20.6. The first-order chi connectivity index (χ1) is 28.0. The van der Waals surface area contributed by atoms with Crippen molar-refractivity contribution in [3.8, 4) is 0 Å². The lowest BCUT2D eigenvalue weighted by molar-refractivity contribution is -0.155. The van der Waals surface area contributed by atoms with E-state index in [9.17, 15) is 38.7 Å². The maximum atomic E-state index is 14.2. The van der Waals surface area contributed by atoms with Gasteiger partial charge in [-0.1, -0.05) is 76.9 Å². The Balaban J connectivity index is 2.63. The number of carbonyl (C=O) groups is 7. The van der Waals surface area contributed by atoms with E-state index in [2.05, 4.69) is 16.0 Å². The highest BCUT2D eigenvalue weighted by molar-refractivity contribution is 6.30. The summed E-state index contributed by atoms with van der Waals surface area (Å²) in [6.45, 7) is 16.4. The summed E-state index contributed by atoms with van der Waals surface area (Å²) in [6, 6.07) is 2.13. The highest BCUT2D eigenvalue weighted by atomic mass is 35.5. The lowest BCUT2D eigenvalue weighted by Gasteiger charge is -2.33. The molecule has 16 heteroatoms. The first-order valence-corrected chi connectivity index (χ1v) is 21.0. The van der Waals surface area contributed by atoms with Gasteiger partial charge in [-0.25, -0.2) is 9.59 Å². The van der Waals surface area contributed by atoms with Crippen LogP contribution in [0.2, 0.25) is 5.02 Å². The third-order valence-corrected chi connectivity index (χ3v) is 11.2. The van der Waals surface area contributed by atoms with Gasteiger partial charge < -0.3 is 40.3 Å². The van der Waals surface area contributed by atoms with Crippen molar-refractivity contribution in [1.82, 2.24) is 25.8 Å². The summed E-state index contributed by atoms with van der Waals surface area (Å²) < 4.78 is 11.5. The Morgan fingerprint density at radius 1 is 0.917 bits per heavy atom. The number of rotatable bonds is 7. The number of hydrogen-bond acceptors (Lipinski definition) is 10. The summed E-state index contributed by atoms with van der Waals surface area (Å²) in [5, 5.41) is 19.7. The molecule has 2 rings (SSSR count). The molecule has 1 aliphatic heterocycles. The minimum absolute atomic E-state index is 0.0257. The summed E-state index contributed by atoms with van der Waals surface area (Å²) in [5.41, 5.74) is 1.42. The number of halogens is 1. The van der Waals surface area contributed by atoms with Gasteiger partial charge in [-0.2, -0.15) is 0 Å². The number of nitrogens with zero attached hydrogens (tertiary/aromatic N) is 2. The number of cyclic esters (lactones) is 2. The summed E-state index contributed by atoms with van der Waals surface area (Å²) in [7, 11) is 2.81. The summed E-state index contributed by atoms with van der Waals surface area (Å²) in [5.74, 6) is -5.97. The number of allylic oxidation sites excluding steroid dienone is 1. The van der Waals surface area contributed by atoms with Crippen molar-refractivity contribution in [3.63, 3.8) is 0 Å². The second-order valence-corrected chi connectivity index (χ2v) is 16.8. The lowest BCUT2D eigenvalue weighted by atomic mass is 9.90. The third kappa shape index (κ3) is 15.1. The zero-order valence-electron chi connectivity index (χ0n) is 37.2. The van der Waals surface area contributed by atoms with Gasteiger partial charge in [-0.05, 0) is 82.6 Å². The lowest BCUT2D eigenvalue weighted by Crippen LogP contribution is -2.57. The molecule has 15 nitrogen and oxygen atoms in total. The summed E-state index contributed by atoms with van der Waals surface area (Å²) in [4.78, 5) is 98.1. The molecule has 0 bridgehead atoms. The number of carbonyl (C=O) groups excluding carboxylic acids is 7. The quantitative estimate of drug-likeness (QED) is 0.230. The number of amides is 5. The van der Waals surface area contributed by atoms with Gasteiger partial charge in [0.05, 0.1) is 12.6 Å². The van der Waals surface area contributed by atoms with Crippen molar-refractivity contribution in [1.29, 1.82) is 0 Å². The molecule has 0 radical (unpaired) electrons. The van der Waals surface area contributed by atoms with E-state index in [1.807, 2.05) is 20.8 Å². The maximum absolute atomic E-state index is 14.2. The number of aliphatic hydroxyl groups is 1. The summed E-state index contributed by atoms with van der Waals surface area (Å²) in [6.07, 6.45) is 0.562. The average Bonchev–Trinajstić information content (AvgIpc) is 3.20. The molecule has 0 fully saturated rings. The fraction of sp³-hybridized carbons (Fsp3) is 0.614. The Kier molecular flexibility index (Phi) is 20.4. The van der Waals surface area contributed by atoms with Crippen molar-refractivity contribution in [2.75, 3.05) is 20.6 Å². The topological polar surface area (TPSA) is 201 Å². The Morgan fingerprint density at radius 3 is 2.08 bits per heavy atom. The van der Waals surface area contributed by atoms with E-state index in [4.69, 9.17) is 21.1 Å². The van der Waals surface area contributed by atoms with E-state index < -0.39 is 96.4 Å². The molecule has 4 N–H and O–H groups in total. The average molecular weight is 860 g/mol. The number of ether oxygens (including phenoxy) is 2. The van der Waals surface area contributed by atoms with E-state index in [1.165, 1.54) is 45.8 Å². The predicted molar refractivity (Wildman–Crippen MR) is 228 cm³/mol. The van der Waals surface area contributed by atoms with Crippen LogP contribution in [-0.4, -0.2) is 120 Å². The van der Waals surface area contributed by atoms with Crippen LogP contribution in [0, 0.1) is 17.8 Å². The number of esters is 2. The Hall–Kier alpha value is -4.76. The van der Waals surface area contributed by atoms with Gasteiger partial charge in [-0.15, -0.1) is 0 Å². The second-order valence-electron chi connectivity index (χ2n) is 16.3. The molecule has 1 heterocycles. The highest BCUT2D eigenvalue weighted by Crippen LogP contribution is 2.24. The van der Waals surface area contributed by atoms with E-state index in [-0.39, 0.29) is 36.7 Å². The van der Waals surface area contributed by atoms with Crippen LogP contribution >= 0.6 is 11.6 Å². The second kappa shape index (κ2) is 23.9. The monoisotopic (exact) mass is 859 g/mol. The van der Waals surface area contributed by atoms with Crippen LogP contribution in [0.3, 0.4) is 0 Å². The molecule has 9 atom stereocenters. The number of nitrogens with one attached hydrogen (secondary N) is 3. The first kappa shape index (κ1) is 51.4. The van der Waals surface area contributed by atoms with Crippen molar-refractivity contribution in [2.45, 2.75) is 137 Å². The number of hydrogen-bond donors (Lipinski definition) is 4. The van der Waals surface area contributed by atoms with Crippen molar-refractivity contribution < 1.29 is 48.1 Å². The SMILES string of the molecule is C/C=C(\C)[C@H]1OC(=O)[C@@H](C)NC(=O)[C@H]([C@@H](C)CC)NC(=O)CN(C)C(=O)[C@@H](Cc2ccc(Cl)cc2)N(C)C(=O)[C@H](C)NC(=O)[C@@H](CC(C)C)OC(=O)/C(C)=C/C[C@H](O)[C@@H]1C. The number of likely N-dealkylation sites (N-methyl/N-ethyl adjacent to an activating group) is 2. The standard InChI is InChI=1S/C44H66ClN5O10/c1-13-25(5)37-40(54)47-30(10)44(58)60-38(26(6)14-2)28(8)34(51)20-15-27(7)43(57)59-35(21-24(3)4)39(53)46-29(9)41(55)50(12)33(22-31-16-18-32(45)19-17-31)42(56)49(11)23-36(52)48-37/h14-19,24-25,28-30,33-35,37-38,51H,13,20-23H2,1-12H3,(H,46,53)(H,47,54)(H,48,52)/b26-14+,27-15+/t25-,28-,29-,30+,33+,34-,35+,37-,38+/m0/s1. The highest BCUT2D eigenvalue weighted by Gasteiger charge is 2.36. The van der Waals surface area contributed by atoms with Crippen molar-refractivity contribution in [3.05, 3.63) is 58.1 Å². The van der Waals surface area contributed by atoms with E-state index in [0.717, 1.165) is 4.90 Å². The van der Waals surface area contributed by atoms with Crippen LogP contribution in [0.1, 0.15) is 94.1 Å². The summed E-state index contributed by atoms with van der Waals surface area (Å²) >= 11 is 6.11. The van der Waals surface area contributed by atoms with Gasteiger partial charge in [0.2, 0.25) is 23.6 Å². The van der Waals surface area contributed by atoms with Crippen molar-refractivity contribution >= 4 is 53.1 Å². The molecular formula is C44H66ClN5O10. The predicted octanol–water partition coefficient (Wildman–Crippen LogP) is 3.89. The zero-order valence-corrected chi connectivity index (χ0v) is 37.9. The van der Waals surface area contributed by atoms with Gasteiger partial charge in [0.15, 0.2) is 6.10 Å². The molecule has 0 aliphatic carbocycles. The fourth-order valence-electron chi connectivity index (χ4n) is 6.55. The van der Waals surface area contributed by atoms with E-state index in [0.29, 0.717) is 22.6 Å². The minimum atomic E-state index is -1.28. The molecule has 5 amide bonds. The van der Waals surface area contributed by atoms with Gasteiger partial charge in [-0.3, -0.25) is 24.0 Å². The van der Waals surface area contributed by atoms with Crippen molar-refractivity contribution in [2.24, 2.45) is 17.8 Å². The number of benzene rings is 1. The normalized spacial score (nSPS) is 28.6. The molecule has 0 saturated heterocycles. The molecule has 1 aromatic rings.